The second kappa shape index (κ2) is 17.9. The molecule has 6 aromatic rings. The van der Waals surface area contributed by atoms with Crippen LogP contribution in [0.25, 0.3) is 21.5 Å². The van der Waals surface area contributed by atoms with Gasteiger partial charge in [0.25, 0.3) is 0 Å². The van der Waals surface area contributed by atoms with Gasteiger partial charge in [0.15, 0.2) is 0 Å². The van der Waals surface area contributed by atoms with Crippen LogP contribution in [-0.2, 0) is 33.3 Å². The highest BCUT2D eigenvalue weighted by molar-refractivity contribution is 6.40. The molecule has 0 aliphatic rings. The van der Waals surface area contributed by atoms with Crippen molar-refractivity contribution in [3.05, 3.63) is 156 Å². The molecule has 2 heterocycles. The number of hydrogen-bond acceptors (Lipinski definition) is 4. The van der Waals surface area contributed by atoms with Crippen LogP contribution in [0.2, 0.25) is 0 Å². The number of carbonyl (C=O) groups is 2. The smallest absolute Gasteiger partial charge is 0.147 e. The van der Waals surface area contributed by atoms with E-state index in [4.69, 9.17) is 23.2 Å². The lowest BCUT2D eigenvalue weighted by Crippen LogP contribution is -2.33. The summed E-state index contributed by atoms with van der Waals surface area (Å²) in [5, 5.41) is 4.65. The number of pyridine rings is 2. The molecule has 0 saturated carbocycles. The lowest BCUT2D eigenvalue weighted by Gasteiger charge is -2.27. The summed E-state index contributed by atoms with van der Waals surface area (Å²) in [5.41, 5.74) is 3.44. The maximum Gasteiger partial charge on any atom is 0.147 e. The number of benzene rings is 4. The minimum atomic E-state index is -0.436. The summed E-state index contributed by atoms with van der Waals surface area (Å²) in [6.07, 6.45) is 9.78. The summed E-state index contributed by atoms with van der Waals surface area (Å²) >= 11 is 9.53. The minimum Gasteiger partial charge on any atom is -0.298 e. The number of rotatable bonds is 10. The van der Waals surface area contributed by atoms with Crippen LogP contribution in [0.4, 0.5) is 0 Å². The molecular formula is C43H44Cl2N2O2. The Kier molecular flexibility index (Phi) is 13.6. The molecule has 0 N–H and O–H groups in total. The van der Waals surface area contributed by atoms with Gasteiger partial charge in [0.2, 0.25) is 0 Å². The fourth-order valence-electron chi connectivity index (χ4n) is 5.98. The number of fused-ring (bicyclic) bond motifs is 2. The summed E-state index contributed by atoms with van der Waals surface area (Å²) in [6, 6.07) is 36.5. The van der Waals surface area contributed by atoms with Crippen molar-refractivity contribution in [2.75, 3.05) is 5.34 Å². The van der Waals surface area contributed by atoms with Crippen LogP contribution >= 0.6 is 23.2 Å². The Bertz CT molecular complexity index is 1820. The molecule has 0 saturated heterocycles. The molecule has 6 heteroatoms. The molecule has 49 heavy (non-hydrogen) atoms. The van der Waals surface area contributed by atoms with Crippen molar-refractivity contribution in [3.8, 4) is 0 Å². The number of hydrogen-bond donors (Lipinski definition) is 0. The topological polar surface area (TPSA) is 59.9 Å². The molecule has 4 nitrogen and oxygen atoms in total. The summed E-state index contributed by atoms with van der Waals surface area (Å²) in [7, 11) is 0. The van der Waals surface area contributed by atoms with E-state index in [2.05, 4.69) is 49.8 Å². The molecule has 6 rings (SSSR count). The molecular weight excluding hydrogens is 647 g/mol. The molecule has 4 aromatic carbocycles. The van der Waals surface area contributed by atoms with Gasteiger partial charge in [-0.2, -0.15) is 0 Å². The summed E-state index contributed by atoms with van der Waals surface area (Å²) in [5.74, 6) is 0.527. The highest BCUT2D eigenvalue weighted by Crippen LogP contribution is 2.31. The van der Waals surface area contributed by atoms with Gasteiger partial charge in [-0.25, -0.2) is 0 Å². The zero-order valence-electron chi connectivity index (χ0n) is 28.7. The predicted octanol–water partition coefficient (Wildman–Crippen LogP) is 10.9. The highest BCUT2D eigenvalue weighted by atomic mass is 35.5. The van der Waals surface area contributed by atoms with Crippen molar-refractivity contribution in [2.45, 2.75) is 64.2 Å². The monoisotopic (exact) mass is 690 g/mol. The van der Waals surface area contributed by atoms with Crippen molar-refractivity contribution >= 4 is 56.3 Å². The van der Waals surface area contributed by atoms with E-state index in [9.17, 15) is 9.59 Å². The summed E-state index contributed by atoms with van der Waals surface area (Å²) < 4.78 is 0. The van der Waals surface area contributed by atoms with Gasteiger partial charge in [-0.15, -0.1) is 23.2 Å². The largest absolute Gasteiger partial charge is 0.298 e. The van der Waals surface area contributed by atoms with Crippen LogP contribution in [0.15, 0.2) is 134 Å². The van der Waals surface area contributed by atoms with Crippen LogP contribution in [0.5, 0.6) is 0 Å². The standard InChI is InChI=1S/2C21H21NO.CH2Cl2/c2*1-3-21(2,19-7-5-4-6-8-19)20(23)14-16-9-10-18-15-22-12-11-17(18)13-16;2-1-3/h2*4-13,15H,3,14H2,1-2H3;1H2. The van der Waals surface area contributed by atoms with Gasteiger partial charge in [0, 0.05) is 48.4 Å². The van der Waals surface area contributed by atoms with E-state index in [1.807, 2.05) is 109 Å². The van der Waals surface area contributed by atoms with Crippen molar-refractivity contribution in [1.82, 2.24) is 9.97 Å². The van der Waals surface area contributed by atoms with Crippen LogP contribution in [0, 0.1) is 0 Å². The molecule has 0 fully saturated rings. The van der Waals surface area contributed by atoms with E-state index in [0.29, 0.717) is 12.8 Å². The van der Waals surface area contributed by atoms with Gasteiger partial charge >= 0.3 is 0 Å². The molecule has 0 bridgehead atoms. The number of nitrogens with zero attached hydrogens (tertiary/aromatic N) is 2. The Morgan fingerprint density at radius 2 is 0.918 bits per heavy atom. The normalized spacial score (nSPS) is 13.2. The average Bonchev–Trinajstić information content (AvgIpc) is 3.15. The third-order valence-corrected chi connectivity index (χ3v) is 9.61. The van der Waals surface area contributed by atoms with Gasteiger partial charge in [-0.1, -0.05) is 111 Å². The maximum atomic E-state index is 13.0. The number of halogens is 2. The fraction of sp³-hybridized carbons (Fsp3) is 0.256. The number of alkyl halides is 2. The van der Waals surface area contributed by atoms with Crippen LogP contribution in [0.1, 0.15) is 62.8 Å². The van der Waals surface area contributed by atoms with E-state index in [-0.39, 0.29) is 16.9 Å². The van der Waals surface area contributed by atoms with Gasteiger partial charge in [0.1, 0.15) is 11.6 Å². The number of Topliss-reactive ketones (excluding diaryl/α,β-unsaturated/α-hetero) is 2. The van der Waals surface area contributed by atoms with Gasteiger partial charge in [-0.3, -0.25) is 19.6 Å². The first-order chi connectivity index (χ1) is 23.7. The van der Waals surface area contributed by atoms with Crippen molar-refractivity contribution in [3.63, 3.8) is 0 Å². The van der Waals surface area contributed by atoms with E-state index < -0.39 is 10.8 Å². The second-order valence-electron chi connectivity index (χ2n) is 12.5. The van der Waals surface area contributed by atoms with Gasteiger partial charge < -0.3 is 0 Å². The first kappa shape index (κ1) is 37.4. The predicted molar refractivity (Wildman–Crippen MR) is 206 cm³/mol. The van der Waals surface area contributed by atoms with E-state index in [1.165, 1.54) is 0 Å². The Balaban J connectivity index is 0.000000205. The van der Waals surface area contributed by atoms with Crippen LogP contribution in [-0.4, -0.2) is 26.9 Å². The second-order valence-corrected chi connectivity index (χ2v) is 13.3. The highest BCUT2D eigenvalue weighted by Gasteiger charge is 2.33. The third kappa shape index (κ3) is 9.41. The molecule has 0 aliphatic carbocycles. The SMILES string of the molecule is CCC(C)(C(=O)Cc1ccc2cnccc2c1)c1ccccc1.CCC(C)(C(=O)Cc1ccc2cnccc2c1)c1ccccc1.ClCCl. The molecule has 2 atom stereocenters. The zero-order valence-corrected chi connectivity index (χ0v) is 30.2. The minimum absolute atomic E-state index is 0.194. The Morgan fingerprint density at radius 3 is 1.27 bits per heavy atom. The van der Waals surface area contributed by atoms with E-state index >= 15 is 0 Å². The molecule has 0 amide bonds. The first-order valence-electron chi connectivity index (χ1n) is 16.6. The number of carbonyl (C=O) groups excluding carboxylic acids is 2. The molecule has 2 aromatic heterocycles. The van der Waals surface area contributed by atoms with Gasteiger partial charge in [0.05, 0.1) is 16.2 Å². The van der Waals surface area contributed by atoms with E-state index in [1.54, 1.807) is 12.4 Å². The maximum absolute atomic E-state index is 13.0. The average molecular weight is 692 g/mol. The third-order valence-electron chi connectivity index (χ3n) is 9.61. The molecule has 0 radical (unpaired) electrons. The number of ketones is 2. The number of aromatic nitrogens is 2. The Labute approximate surface area is 300 Å². The quantitative estimate of drug-likeness (QED) is 0.134. The Morgan fingerprint density at radius 1 is 0.551 bits per heavy atom. The molecule has 0 spiro atoms. The Hall–Kier alpha value is -4.38. The summed E-state index contributed by atoms with van der Waals surface area (Å²) in [4.78, 5) is 34.2. The lowest BCUT2D eigenvalue weighted by atomic mass is 9.74. The van der Waals surface area contributed by atoms with Crippen LogP contribution in [0.3, 0.4) is 0 Å². The molecule has 0 aliphatic heterocycles. The van der Waals surface area contributed by atoms with Crippen molar-refractivity contribution in [1.29, 1.82) is 0 Å². The molecule has 252 valence electrons. The van der Waals surface area contributed by atoms with Crippen LogP contribution < -0.4 is 0 Å². The first-order valence-corrected chi connectivity index (χ1v) is 17.7. The summed E-state index contributed by atoms with van der Waals surface area (Å²) in [6.45, 7) is 8.26. The van der Waals surface area contributed by atoms with Crippen molar-refractivity contribution in [2.24, 2.45) is 0 Å². The fourth-order valence-corrected chi connectivity index (χ4v) is 5.98. The zero-order chi connectivity index (χ0) is 35.3. The molecule has 2 unspecified atom stereocenters. The lowest BCUT2D eigenvalue weighted by molar-refractivity contribution is -0.124. The van der Waals surface area contributed by atoms with Gasteiger partial charge in [-0.05, 0) is 71.8 Å². The van der Waals surface area contributed by atoms with Crippen molar-refractivity contribution < 1.29 is 9.59 Å². The van der Waals surface area contributed by atoms with E-state index in [0.717, 1.165) is 56.6 Å².